The molecule has 0 radical (unpaired) electrons. The molecule has 6 heteroatoms. The lowest BCUT2D eigenvalue weighted by Crippen LogP contribution is -2.33. The predicted molar refractivity (Wildman–Crippen MR) is 116 cm³/mol. The molecule has 4 rings (SSSR count). The van der Waals surface area contributed by atoms with Crippen molar-refractivity contribution in [2.24, 2.45) is 5.92 Å². The molecule has 0 aliphatic carbocycles. The van der Waals surface area contributed by atoms with Crippen molar-refractivity contribution >= 4 is 5.91 Å². The third-order valence-corrected chi connectivity index (χ3v) is 5.54. The summed E-state index contributed by atoms with van der Waals surface area (Å²) in [4.78, 5) is 19.3. The summed E-state index contributed by atoms with van der Waals surface area (Å²) in [5.74, 6) is 1.52. The quantitative estimate of drug-likeness (QED) is 0.666. The average Bonchev–Trinajstić information content (AvgIpc) is 3.22. The molecule has 2 aromatic carbocycles. The van der Waals surface area contributed by atoms with Crippen LogP contribution in [0.3, 0.4) is 0 Å². The Labute approximate surface area is 177 Å². The van der Waals surface area contributed by atoms with Crippen molar-refractivity contribution in [3.63, 3.8) is 0 Å². The fraction of sp³-hybridized carbons (Fsp3) is 0.375. The summed E-state index contributed by atoms with van der Waals surface area (Å²) in [6.45, 7) is 7.79. The van der Waals surface area contributed by atoms with Gasteiger partial charge >= 0.3 is 0 Å². The second-order valence-electron chi connectivity index (χ2n) is 8.24. The van der Waals surface area contributed by atoms with Gasteiger partial charge in [0, 0.05) is 24.2 Å². The minimum Gasteiger partial charge on any atom is -0.343 e. The van der Waals surface area contributed by atoms with E-state index < -0.39 is 0 Å². The molecule has 0 unspecified atom stereocenters. The highest BCUT2D eigenvalue weighted by Crippen LogP contribution is 2.18. The average molecular weight is 405 g/mol. The lowest BCUT2D eigenvalue weighted by molar-refractivity contribution is 0.0946. The molecule has 30 heavy (non-hydrogen) atoms. The van der Waals surface area contributed by atoms with Gasteiger partial charge in [-0.15, -0.1) is 0 Å². The second kappa shape index (κ2) is 9.22. The summed E-state index contributed by atoms with van der Waals surface area (Å²) < 4.78 is 5.27. The van der Waals surface area contributed by atoms with Crippen LogP contribution in [0.25, 0.3) is 11.4 Å². The summed E-state index contributed by atoms with van der Waals surface area (Å²) >= 11 is 0. The highest BCUT2D eigenvalue weighted by atomic mass is 16.5. The molecule has 1 atom stereocenters. The van der Waals surface area contributed by atoms with Crippen LogP contribution in [0.5, 0.6) is 0 Å². The third kappa shape index (κ3) is 5.13. The summed E-state index contributed by atoms with van der Waals surface area (Å²) in [6, 6.07) is 15.7. The zero-order valence-electron chi connectivity index (χ0n) is 17.6. The first-order valence-electron chi connectivity index (χ1n) is 10.6. The van der Waals surface area contributed by atoms with E-state index in [1.54, 1.807) is 0 Å². The summed E-state index contributed by atoms with van der Waals surface area (Å²) in [5, 5.41) is 6.85. The van der Waals surface area contributed by atoms with E-state index in [4.69, 9.17) is 4.52 Å². The van der Waals surface area contributed by atoms with Crippen molar-refractivity contribution in [1.29, 1.82) is 0 Å². The van der Waals surface area contributed by atoms with Crippen molar-refractivity contribution in [2.75, 3.05) is 13.1 Å². The number of aromatic nitrogens is 2. The van der Waals surface area contributed by atoms with Gasteiger partial charge in [-0.05, 0) is 49.9 Å². The van der Waals surface area contributed by atoms with E-state index in [1.807, 2.05) is 55.5 Å². The summed E-state index contributed by atoms with van der Waals surface area (Å²) in [5.41, 5.74) is 3.93. The molecule has 0 spiro atoms. The SMILES string of the molecule is Cc1ccc(-c2noc(CNC(=O)c3ccc(CN4CCC[C@@H](C)C4)cc3)n2)cc1. The fourth-order valence-electron chi connectivity index (χ4n) is 3.85. The molecule has 1 aliphatic heterocycles. The fourth-order valence-corrected chi connectivity index (χ4v) is 3.85. The van der Waals surface area contributed by atoms with Crippen molar-refractivity contribution in [3.05, 3.63) is 71.1 Å². The molecule has 6 nitrogen and oxygen atoms in total. The number of likely N-dealkylation sites (tertiary alicyclic amines) is 1. The van der Waals surface area contributed by atoms with Gasteiger partial charge in [0.2, 0.25) is 11.7 Å². The summed E-state index contributed by atoms with van der Waals surface area (Å²) in [6.07, 6.45) is 2.59. The predicted octanol–water partition coefficient (Wildman–Crippen LogP) is 4.21. The van der Waals surface area contributed by atoms with Crippen molar-refractivity contribution < 1.29 is 9.32 Å². The molecular formula is C24H28N4O2. The van der Waals surface area contributed by atoms with Gasteiger partial charge in [0.05, 0.1) is 6.54 Å². The number of piperidine rings is 1. The van der Waals surface area contributed by atoms with Gasteiger partial charge in [-0.2, -0.15) is 4.98 Å². The van der Waals surface area contributed by atoms with Crippen LogP contribution in [0.4, 0.5) is 0 Å². The highest BCUT2D eigenvalue weighted by Gasteiger charge is 2.16. The largest absolute Gasteiger partial charge is 0.343 e. The van der Waals surface area contributed by atoms with E-state index >= 15 is 0 Å². The molecule has 1 N–H and O–H groups in total. The molecular weight excluding hydrogens is 376 g/mol. The molecule has 156 valence electrons. The number of nitrogens with one attached hydrogen (secondary N) is 1. The minimum atomic E-state index is -0.150. The maximum Gasteiger partial charge on any atom is 0.251 e. The minimum absolute atomic E-state index is 0.150. The first kappa shape index (κ1) is 20.3. The summed E-state index contributed by atoms with van der Waals surface area (Å²) in [7, 11) is 0. The van der Waals surface area contributed by atoms with Crippen LogP contribution in [0.2, 0.25) is 0 Å². The number of rotatable bonds is 6. The monoisotopic (exact) mass is 404 g/mol. The zero-order valence-corrected chi connectivity index (χ0v) is 17.6. The normalized spacial score (nSPS) is 17.1. The number of aryl methyl sites for hydroxylation is 1. The topological polar surface area (TPSA) is 71.3 Å². The number of benzene rings is 2. The smallest absolute Gasteiger partial charge is 0.251 e. The molecule has 0 saturated carbocycles. The van der Waals surface area contributed by atoms with E-state index in [2.05, 4.69) is 27.3 Å². The lowest BCUT2D eigenvalue weighted by Gasteiger charge is -2.30. The number of carbonyl (C=O) groups is 1. The Balaban J connectivity index is 1.30. The van der Waals surface area contributed by atoms with Gasteiger partial charge in [0.1, 0.15) is 0 Å². The molecule has 1 amide bonds. The van der Waals surface area contributed by atoms with Crippen molar-refractivity contribution in [2.45, 2.75) is 39.8 Å². The first-order chi connectivity index (χ1) is 14.6. The molecule has 2 heterocycles. The van der Waals surface area contributed by atoms with Crippen LogP contribution in [0.1, 0.15) is 47.1 Å². The Bertz CT molecular complexity index is 979. The molecule has 1 saturated heterocycles. The maximum absolute atomic E-state index is 12.5. The van der Waals surface area contributed by atoms with Crippen molar-refractivity contribution in [1.82, 2.24) is 20.4 Å². The number of carbonyl (C=O) groups excluding carboxylic acids is 1. The third-order valence-electron chi connectivity index (χ3n) is 5.54. The molecule has 1 aromatic heterocycles. The first-order valence-corrected chi connectivity index (χ1v) is 10.6. The Hall–Kier alpha value is -2.99. The zero-order chi connectivity index (χ0) is 20.9. The van der Waals surface area contributed by atoms with Gasteiger partial charge in [0.15, 0.2) is 0 Å². The number of amides is 1. The molecule has 1 aliphatic rings. The number of nitrogens with zero attached hydrogens (tertiary/aromatic N) is 3. The van der Waals surface area contributed by atoms with E-state index in [9.17, 15) is 4.79 Å². The van der Waals surface area contributed by atoms with Crippen LogP contribution in [0, 0.1) is 12.8 Å². The van der Waals surface area contributed by atoms with Crippen LogP contribution in [-0.4, -0.2) is 34.0 Å². The van der Waals surface area contributed by atoms with E-state index in [0.29, 0.717) is 17.3 Å². The van der Waals surface area contributed by atoms with Crippen LogP contribution in [-0.2, 0) is 13.1 Å². The maximum atomic E-state index is 12.5. The highest BCUT2D eigenvalue weighted by molar-refractivity contribution is 5.94. The molecule has 3 aromatic rings. The Morgan fingerprint density at radius 3 is 2.67 bits per heavy atom. The standard InChI is InChI=1S/C24H28N4O2/c1-17-5-9-20(10-6-17)23-26-22(30-27-23)14-25-24(29)21-11-7-19(8-12-21)16-28-13-3-4-18(2)15-28/h5-12,18H,3-4,13-16H2,1-2H3,(H,25,29)/t18-/m1/s1. The van der Waals surface area contributed by atoms with Gasteiger partial charge in [-0.3, -0.25) is 9.69 Å². The molecule has 1 fully saturated rings. The van der Waals surface area contributed by atoms with Crippen LogP contribution >= 0.6 is 0 Å². The van der Waals surface area contributed by atoms with E-state index in [1.165, 1.54) is 24.0 Å². The van der Waals surface area contributed by atoms with Gasteiger partial charge < -0.3 is 9.84 Å². The lowest BCUT2D eigenvalue weighted by atomic mass is 9.99. The van der Waals surface area contributed by atoms with Crippen molar-refractivity contribution in [3.8, 4) is 11.4 Å². The van der Waals surface area contributed by atoms with Crippen LogP contribution < -0.4 is 5.32 Å². The van der Waals surface area contributed by atoms with Gasteiger partial charge in [-0.1, -0.05) is 54.0 Å². The van der Waals surface area contributed by atoms with E-state index in [-0.39, 0.29) is 12.5 Å². The Morgan fingerprint density at radius 1 is 1.17 bits per heavy atom. The second-order valence-corrected chi connectivity index (χ2v) is 8.24. The van der Waals surface area contributed by atoms with Crippen LogP contribution in [0.15, 0.2) is 53.1 Å². The Kier molecular flexibility index (Phi) is 6.23. The molecule has 0 bridgehead atoms. The Morgan fingerprint density at radius 2 is 1.93 bits per heavy atom. The van der Waals surface area contributed by atoms with Gasteiger partial charge in [0.25, 0.3) is 5.91 Å². The number of hydrogen-bond donors (Lipinski definition) is 1. The van der Waals surface area contributed by atoms with Gasteiger partial charge in [-0.25, -0.2) is 0 Å². The van der Waals surface area contributed by atoms with E-state index in [0.717, 1.165) is 31.1 Å². The number of hydrogen-bond acceptors (Lipinski definition) is 5.